The summed E-state index contributed by atoms with van der Waals surface area (Å²) in [7, 11) is 0. The van der Waals surface area contributed by atoms with Gasteiger partial charge in [0.15, 0.2) is 11.5 Å². The Labute approximate surface area is 152 Å². The molecule has 0 unspecified atom stereocenters. The molecule has 0 bridgehead atoms. The van der Waals surface area contributed by atoms with Gasteiger partial charge in [0.2, 0.25) is 12.6 Å². The number of fused-ring (bicyclic) bond motifs is 2. The van der Waals surface area contributed by atoms with Crippen LogP contribution < -0.4 is 14.3 Å². The van der Waals surface area contributed by atoms with Crippen LogP contribution in [-0.4, -0.2) is 37.4 Å². The lowest BCUT2D eigenvalue weighted by molar-refractivity contribution is 0.174. The molecule has 2 aromatic heterocycles. The largest absolute Gasteiger partial charge is 0.454 e. The zero-order chi connectivity index (χ0) is 18.1. The molecule has 0 amide bonds. The van der Waals surface area contributed by atoms with Crippen molar-refractivity contribution >= 4 is 16.7 Å². The van der Waals surface area contributed by atoms with Crippen molar-refractivity contribution in [2.45, 2.75) is 0 Å². The molecule has 132 valence electrons. The fourth-order valence-electron chi connectivity index (χ4n) is 2.72. The second kappa shape index (κ2) is 6.37. The lowest BCUT2D eigenvalue weighted by Crippen LogP contribution is -2.15. The van der Waals surface area contributed by atoms with Crippen LogP contribution in [0.3, 0.4) is 0 Å². The molecule has 0 saturated heterocycles. The van der Waals surface area contributed by atoms with E-state index in [4.69, 9.17) is 14.3 Å². The van der Waals surface area contributed by atoms with Gasteiger partial charge in [0, 0.05) is 5.56 Å². The molecule has 0 fully saturated rings. The van der Waals surface area contributed by atoms with Crippen LogP contribution in [0.4, 0.5) is 0 Å². The first-order valence-electron chi connectivity index (χ1n) is 8.08. The van der Waals surface area contributed by atoms with Gasteiger partial charge in [-0.2, -0.15) is 14.8 Å². The monoisotopic (exact) mass is 360 g/mol. The van der Waals surface area contributed by atoms with E-state index >= 15 is 0 Å². The molecule has 0 aliphatic carbocycles. The number of ether oxygens (including phenoxy) is 2. The van der Waals surface area contributed by atoms with Crippen molar-refractivity contribution in [3.05, 3.63) is 67.0 Å². The van der Waals surface area contributed by atoms with Gasteiger partial charge in [-0.1, -0.05) is 17.3 Å². The number of para-hydroxylation sites is 1. The number of aromatic nitrogens is 5. The Bertz CT molecular complexity index is 1140. The van der Waals surface area contributed by atoms with Gasteiger partial charge in [-0.05, 0) is 30.3 Å². The highest BCUT2D eigenvalue weighted by Gasteiger charge is 2.17. The fourth-order valence-corrected chi connectivity index (χ4v) is 2.72. The number of hydrogen-bond acceptors (Lipinski definition) is 8. The minimum atomic E-state index is 0.192. The zero-order valence-corrected chi connectivity index (χ0v) is 13.9. The molecule has 3 heterocycles. The van der Waals surface area contributed by atoms with Gasteiger partial charge in [0.1, 0.15) is 19.0 Å². The van der Waals surface area contributed by atoms with Gasteiger partial charge in [-0.15, -0.1) is 0 Å². The molecule has 0 atom stereocenters. The van der Waals surface area contributed by atoms with Crippen LogP contribution >= 0.6 is 0 Å². The highest BCUT2D eigenvalue weighted by Crippen LogP contribution is 2.32. The molecule has 1 aliphatic heterocycles. The van der Waals surface area contributed by atoms with Crippen molar-refractivity contribution in [3.63, 3.8) is 0 Å². The third kappa shape index (κ3) is 2.80. The Kier molecular flexibility index (Phi) is 3.60. The first-order valence-corrected chi connectivity index (χ1v) is 8.08. The maximum atomic E-state index is 5.66. The molecule has 0 saturated carbocycles. The minimum Gasteiger partial charge on any atom is -0.454 e. The highest BCUT2D eigenvalue weighted by molar-refractivity contribution is 6.00. The van der Waals surface area contributed by atoms with Crippen molar-refractivity contribution in [2.75, 3.05) is 6.79 Å². The third-order valence-corrected chi connectivity index (χ3v) is 3.99. The van der Waals surface area contributed by atoms with Crippen LogP contribution in [0.1, 0.15) is 5.56 Å². The zero-order valence-electron chi connectivity index (χ0n) is 13.9. The van der Waals surface area contributed by atoms with Crippen molar-refractivity contribution in [2.24, 2.45) is 5.16 Å². The number of rotatable bonds is 3. The predicted molar refractivity (Wildman–Crippen MR) is 94.7 cm³/mol. The van der Waals surface area contributed by atoms with Gasteiger partial charge >= 0.3 is 0 Å². The standard InChI is InChI=1S/C18H12N6O3/c1-2-4-14-13(3-1)18(21-9-20-14)27-23-17(24-10-19-8-22-24)12-5-6-15-16(7-12)26-11-25-15/h1-10H,11H2. The molecular formula is C18H12N6O3. The molecule has 0 radical (unpaired) electrons. The maximum Gasteiger partial charge on any atom is 0.259 e. The normalized spacial score (nSPS) is 13.1. The summed E-state index contributed by atoms with van der Waals surface area (Å²) in [6.07, 6.45) is 4.39. The molecule has 5 rings (SSSR count). The first kappa shape index (κ1) is 15.3. The Morgan fingerprint density at radius 1 is 1.04 bits per heavy atom. The lowest BCUT2D eigenvalue weighted by Gasteiger charge is -2.08. The summed E-state index contributed by atoms with van der Waals surface area (Å²) in [6, 6.07) is 13.0. The second-order valence-electron chi connectivity index (χ2n) is 5.61. The Hall–Kier alpha value is -4.01. The highest BCUT2D eigenvalue weighted by atomic mass is 16.7. The van der Waals surface area contributed by atoms with Gasteiger partial charge in [0.05, 0.1) is 10.9 Å². The molecule has 27 heavy (non-hydrogen) atoms. The van der Waals surface area contributed by atoms with Crippen LogP contribution in [-0.2, 0) is 0 Å². The quantitative estimate of drug-likeness (QED) is 0.314. The van der Waals surface area contributed by atoms with Crippen LogP contribution in [0, 0.1) is 0 Å². The Morgan fingerprint density at radius 3 is 2.89 bits per heavy atom. The predicted octanol–water partition coefficient (Wildman–Crippen LogP) is 2.24. The molecular weight excluding hydrogens is 348 g/mol. The van der Waals surface area contributed by atoms with Crippen LogP contribution in [0.5, 0.6) is 17.4 Å². The molecule has 9 heteroatoms. The number of benzene rings is 2. The summed E-state index contributed by atoms with van der Waals surface area (Å²) in [6.45, 7) is 0.192. The number of nitrogens with zero attached hydrogens (tertiary/aromatic N) is 6. The summed E-state index contributed by atoms with van der Waals surface area (Å²) in [4.78, 5) is 18.0. The Morgan fingerprint density at radius 2 is 1.96 bits per heavy atom. The third-order valence-electron chi connectivity index (χ3n) is 3.99. The number of oxime groups is 1. The molecule has 1 aliphatic rings. The van der Waals surface area contributed by atoms with Crippen molar-refractivity contribution in [3.8, 4) is 17.4 Å². The van der Waals surface area contributed by atoms with Gasteiger partial charge < -0.3 is 14.3 Å². The van der Waals surface area contributed by atoms with E-state index in [2.05, 4.69) is 25.2 Å². The molecule has 0 spiro atoms. The van der Waals surface area contributed by atoms with Gasteiger partial charge in [-0.25, -0.2) is 9.97 Å². The number of hydrogen-bond donors (Lipinski definition) is 0. The summed E-state index contributed by atoms with van der Waals surface area (Å²) in [5.74, 6) is 2.08. The van der Waals surface area contributed by atoms with Crippen molar-refractivity contribution in [1.29, 1.82) is 0 Å². The molecule has 2 aromatic carbocycles. The fraction of sp³-hybridized carbons (Fsp3) is 0.0556. The van der Waals surface area contributed by atoms with E-state index in [1.807, 2.05) is 42.5 Å². The van der Waals surface area contributed by atoms with E-state index in [0.29, 0.717) is 23.2 Å². The maximum absolute atomic E-state index is 5.66. The van der Waals surface area contributed by atoms with Crippen molar-refractivity contribution in [1.82, 2.24) is 24.7 Å². The summed E-state index contributed by atoms with van der Waals surface area (Å²) < 4.78 is 12.3. The molecule has 0 N–H and O–H groups in total. The first-order chi connectivity index (χ1) is 13.4. The summed E-state index contributed by atoms with van der Waals surface area (Å²) >= 11 is 0. The molecule has 4 aromatic rings. The van der Waals surface area contributed by atoms with E-state index in [1.165, 1.54) is 23.7 Å². The lowest BCUT2D eigenvalue weighted by atomic mass is 10.2. The van der Waals surface area contributed by atoms with Gasteiger partial charge in [0.25, 0.3) is 5.88 Å². The second-order valence-corrected chi connectivity index (χ2v) is 5.61. The summed E-state index contributed by atoms with van der Waals surface area (Å²) in [5, 5.41) is 9.18. The SMILES string of the molecule is c1ccc2c(ON=C(c3ccc4c(c3)OCO4)n3cncn3)ncnc2c1. The van der Waals surface area contributed by atoms with Crippen molar-refractivity contribution < 1.29 is 14.3 Å². The van der Waals surface area contributed by atoms with E-state index in [9.17, 15) is 0 Å². The average molecular weight is 360 g/mol. The Balaban J connectivity index is 1.57. The van der Waals surface area contributed by atoms with Crippen LogP contribution in [0.25, 0.3) is 10.9 Å². The summed E-state index contributed by atoms with van der Waals surface area (Å²) in [5.41, 5.74) is 1.49. The van der Waals surface area contributed by atoms with E-state index in [1.54, 1.807) is 0 Å². The topological polar surface area (TPSA) is 96.5 Å². The van der Waals surface area contributed by atoms with Gasteiger partial charge in [-0.3, -0.25) is 0 Å². The smallest absolute Gasteiger partial charge is 0.259 e. The van der Waals surface area contributed by atoms with E-state index < -0.39 is 0 Å². The van der Waals surface area contributed by atoms with E-state index in [-0.39, 0.29) is 6.79 Å². The molecule has 9 nitrogen and oxygen atoms in total. The minimum absolute atomic E-state index is 0.192. The average Bonchev–Trinajstić information content (AvgIpc) is 3.40. The van der Waals surface area contributed by atoms with Crippen LogP contribution in [0.15, 0.2) is 66.6 Å². The van der Waals surface area contributed by atoms with Crippen LogP contribution in [0.2, 0.25) is 0 Å². The van der Waals surface area contributed by atoms with E-state index in [0.717, 1.165) is 16.5 Å².